The lowest BCUT2D eigenvalue weighted by Gasteiger charge is -2.60. The molecule has 4 heterocycles. The number of thiocarbonyl (C=S) groups is 1. The molecule has 4 bridgehead atoms. The number of non-ortho nitro benzene ring substituents is 1. The normalized spacial score (nSPS) is 33.3. The lowest BCUT2D eigenvalue weighted by Crippen LogP contribution is -2.74. The minimum Gasteiger partial charge on any atom is -0.375 e. The number of nitro groups is 1. The van der Waals surface area contributed by atoms with Crippen LogP contribution in [-0.2, 0) is 0 Å². The molecule has 0 radical (unpaired) electrons. The fraction of sp³-hybridized carbons (Fsp3) is 0.467. The third-order valence-electron chi connectivity index (χ3n) is 4.89. The van der Waals surface area contributed by atoms with E-state index in [0.29, 0.717) is 0 Å². The molecule has 0 saturated carbocycles. The van der Waals surface area contributed by atoms with Gasteiger partial charge in [-0.05, 0) is 12.2 Å². The number of hydrazone groups is 1. The minimum absolute atomic E-state index is 0.0474. The molecule has 4 fully saturated rings. The molecule has 1 aromatic rings. The van der Waals surface area contributed by atoms with Crippen molar-refractivity contribution >= 4 is 28.7 Å². The molecule has 4 saturated heterocycles. The van der Waals surface area contributed by atoms with Crippen molar-refractivity contribution < 1.29 is 4.92 Å². The second-order valence-corrected chi connectivity index (χ2v) is 7.38. The lowest BCUT2D eigenvalue weighted by atomic mass is 9.74. The smallest absolute Gasteiger partial charge is 0.270 e. The second kappa shape index (κ2) is 5.99. The highest BCUT2D eigenvalue weighted by Gasteiger charge is 2.52. The predicted molar refractivity (Wildman–Crippen MR) is 96.7 cm³/mol. The summed E-state index contributed by atoms with van der Waals surface area (Å²) < 4.78 is 0. The maximum absolute atomic E-state index is 11.2. The Morgan fingerprint density at radius 2 is 1.84 bits per heavy atom. The summed E-state index contributed by atoms with van der Waals surface area (Å²) >= 11 is 4.89. The van der Waals surface area contributed by atoms with E-state index >= 15 is 0 Å². The summed E-state index contributed by atoms with van der Waals surface area (Å²) in [5, 5.41) is 15.7. The molecule has 0 unspecified atom stereocenters. The molecule has 9 nitrogen and oxygen atoms in total. The Kier molecular flexibility index (Phi) is 3.91. The summed E-state index contributed by atoms with van der Waals surface area (Å²) in [6.07, 6.45) is 0. The fourth-order valence-electron chi connectivity index (χ4n) is 4.31. The van der Waals surface area contributed by atoms with E-state index in [4.69, 9.17) is 18.0 Å². The van der Waals surface area contributed by atoms with Gasteiger partial charge in [-0.3, -0.25) is 30.2 Å². The molecule has 0 amide bonds. The Balaban J connectivity index is 1.77. The number of hydrogen-bond acceptors (Lipinski definition) is 7. The van der Waals surface area contributed by atoms with Crippen molar-refractivity contribution in [3.8, 4) is 0 Å². The molecule has 5 rings (SSSR count). The Morgan fingerprint density at radius 3 is 2.36 bits per heavy atom. The zero-order chi connectivity index (χ0) is 17.6. The Morgan fingerprint density at radius 1 is 1.24 bits per heavy atom. The molecule has 0 aliphatic carbocycles. The monoisotopic (exact) mass is 361 g/mol. The van der Waals surface area contributed by atoms with Crippen molar-refractivity contribution in [2.45, 2.75) is 0 Å². The largest absolute Gasteiger partial charge is 0.375 e. The first-order chi connectivity index (χ1) is 11.9. The van der Waals surface area contributed by atoms with Crippen LogP contribution in [0.3, 0.4) is 0 Å². The molecule has 0 atom stereocenters. The molecule has 0 aromatic heterocycles. The maximum Gasteiger partial charge on any atom is 0.270 e. The third-order valence-corrected chi connectivity index (χ3v) is 4.98. The molecule has 25 heavy (non-hydrogen) atoms. The van der Waals surface area contributed by atoms with Gasteiger partial charge in [-0.2, -0.15) is 5.10 Å². The number of rotatable bonds is 4. The standard InChI is InChI=1S/C15H19N7O2S/c16-14(25)18-17-13(11-2-1-3-12(4-11)22(23)24)15-5-19-8-20(6-15)10-21(7-15)9-19/h1-4H,5-10H2,(H3,16,18,25)/b17-13-. The van der Waals surface area contributed by atoms with Crippen LogP contribution in [0.4, 0.5) is 5.69 Å². The molecular weight excluding hydrogens is 342 g/mol. The zero-order valence-corrected chi connectivity index (χ0v) is 14.4. The quantitative estimate of drug-likeness (QED) is 0.333. The van der Waals surface area contributed by atoms with E-state index in [9.17, 15) is 10.1 Å². The predicted octanol–water partition coefficient (Wildman–Crippen LogP) is -0.0622. The van der Waals surface area contributed by atoms with Crippen LogP contribution in [0.2, 0.25) is 0 Å². The highest BCUT2D eigenvalue weighted by molar-refractivity contribution is 7.80. The molecule has 4 aliphatic rings. The van der Waals surface area contributed by atoms with Crippen molar-refractivity contribution in [2.24, 2.45) is 16.3 Å². The first-order valence-corrected chi connectivity index (χ1v) is 8.42. The number of nitrogens with one attached hydrogen (secondary N) is 1. The van der Waals surface area contributed by atoms with Gasteiger partial charge in [-0.25, -0.2) is 0 Å². The van der Waals surface area contributed by atoms with Crippen LogP contribution >= 0.6 is 12.2 Å². The minimum atomic E-state index is -0.391. The first-order valence-electron chi connectivity index (χ1n) is 8.01. The van der Waals surface area contributed by atoms with Crippen molar-refractivity contribution in [3.05, 3.63) is 39.9 Å². The molecular formula is C15H19N7O2S. The van der Waals surface area contributed by atoms with Gasteiger partial charge in [-0.1, -0.05) is 12.1 Å². The average molecular weight is 361 g/mol. The maximum atomic E-state index is 11.2. The number of nitro benzene ring substituents is 1. The summed E-state index contributed by atoms with van der Waals surface area (Å²) in [6, 6.07) is 6.59. The van der Waals surface area contributed by atoms with E-state index in [-0.39, 0.29) is 16.2 Å². The molecule has 0 spiro atoms. The number of nitrogens with two attached hydrogens (primary N) is 1. The van der Waals surface area contributed by atoms with Crippen LogP contribution < -0.4 is 11.2 Å². The summed E-state index contributed by atoms with van der Waals surface area (Å²) in [7, 11) is 0. The number of benzene rings is 1. The number of nitrogens with zero attached hydrogens (tertiary/aromatic N) is 5. The van der Waals surface area contributed by atoms with Gasteiger partial charge in [0.15, 0.2) is 5.11 Å². The number of hydrogen-bond donors (Lipinski definition) is 2. The molecule has 10 heteroatoms. The topological polar surface area (TPSA) is 103 Å². The van der Waals surface area contributed by atoms with E-state index in [1.54, 1.807) is 12.1 Å². The molecule has 1 aromatic carbocycles. The van der Waals surface area contributed by atoms with Crippen molar-refractivity contribution in [1.29, 1.82) is 0 Å². The summed E-state index contributed by atoms with van der Waals surface area (Å²) in [6.45, 7) is 5.43. The second-order valence-electron chi connectivity index (χ2n) is 6.94. The van der Waals surface area contributed by atoms with Crippen LogP contribution in [0.25, 0.3) is 0 Å². The summed E-state index contributed by atoms with van der Waals surface area (Å²) in [4.78, 5) is 17.9. The van der Waals surface area contributed by atoms with Crippen LogP contribution in [-0.4, -0.2) is 70.1 Å². The summed E-state index contributed by atoms with van der Waals surface area (Å²) in [5.41, 5.74) is 9.56. The van der Waals surface area contributed by atoms with Gasteiger partial charge >= 0.3 is 0 Å². The van der Waals surface area contributed by atoms with Crippen LogP contribution in [0.15, 0.2) is 29.4 Å². The van der Waals surface area contributed by atoms with Gasteiger partial charge in [0.05, 0.1) is 36.1 Å². The SMILES string of the molecule is NC(=S)N/N=C(/c1cccc([N+](=O)[O-])c1)C12CN3CN(CN(C3)C1)C2. The van der Waals surface area contributed by atoms with Gasteiger partial charge < -0.3 is 5.73 Å². The van der Waals surface area contributed by atoms with E-state index in [2.05, 4.69) is 25.2 Å². The molecule has 4 aliphatic heterocycles. The van der Waals surface area contributed by atoms with Gasteiger partial charge in [-0.15, -0.1) is 0 Å². The van der Waals surface area contributed by atoms with Crippen molar-refractivity contribution in [2.75, 3.05) is 39.6 Å². The van der Waals surface area contributed by atoms with Crippen molar-refractivity contribution in [1.82, 2.24) is 20.1 Å². The van der Waals surface area contributed by atoms with E-state index in [1.807, 2.05) is 6.07 Å². The van der Waals surface area contributed by atoms with Gasteiger partial charge in [0.1, 0.15) is 0 Å². The highest BCUT2D eigenvalue weighted by Crippen LogP contribution is 2.38. The van der Waals surface area contributed by atoms with E-state index < -0.39 is 4.92 Å². The van der Waals surface area contributed by atoms with Crippen LogP contribution in [0.5, 0.6) is 0 Å². The Hall–Kier alpha value is -2.14. The Labute approximate surface area is 150 Å². The van der Waals surface area contributed by atoms with Crippen LogP contribution in [0, 0.1) is 15.5 Å². The van der Waals surface area contributed by atoms with E-state index in [1.165, 1.54) is 6.07 Å². The van der Waals surface area contributed by atoms with Gasteiger partial charge in [0.2, 0.25) is 0 Å². The molecule has 3 N–H and O–H groups in total. The summed E-state index contributed by atoms with van der Waals surface area (Å²) in [5.74, 6) is 0. The average Bonchev–Trinajstić information content (AvgIpc) is 2.53. The molecule has 132 valence electrons. The zero-order valence-electron chi connectivity index (χ0n) is 13.6. The fourth-order valence-corrected chi connectivity index (χ4v) is 4.35. The first kappa shape index (κ1) is 16.3. The Bertz CT molecular complexity index is 731. The van der Waals surface area contributed by atoms with Crippen LogP contribution in [0.1, 0.15) is 5.56 Å². The van der Waals surface area contributed by atoms with Gasteiger partial charge in [0.25, 0.3) is 5.69 Å². The van der Waals surface area contributed by atoms with Gasteiger partial charge in [0, 0.05) is 37.3 Å². The van der Waals surface area contributed by atoms with Crippen molar-refractivity contribution in [3.63, 3.8) is 0 Å². The lowest BCUT2D eigenvalue weighted by molar-refractivity contribution is -0.384. The third kappa shape index (κ3) is 2.97. The van der Waals surface area contributed by atoms with E-state index in [0.717, 1.165) is 50.9 Å². The highest BCUT2D eigenvalue weighted by atomic mass is 32.1.